The van der Waals surface area contributed by atoms with Gasteiger partial charge in [0, 0.05) is 29.4 Å². The van der Waals surface area contributed by atoms with Crippen LogP contribution >= 0.6 is 11.3 Å². The van der Waals surface area contributed by atoms with E-state index in [1.807, 2.05) is 41.3 Å². The number of nitrogens with zero attached hydrogens (tertiary/aromatic N) is 1. The quantitative estimate of drug-likeness (QED) is 0.481. The van der Waals surface area contributed by atoms with Crippen LogP contribution in [0.15, 0.2) is 60.0 Å². The van der Waals surface area contributed by atoms with E-state index in [-0.39, 0.29) is 11.9 Å². The maximum atomic E-state index is 13.6. The van der Waals surface area contributed by atoms with Gasteiger partial charge in [-0.2, -0.15) is 0 Å². The molecule has 1 heterocycles. The average Bonchev–Trinajstić information content (AvgIpc) is 3.29. The predicted octanol–water partition coefficient (Wildman–Crippen LogP) is 5.05. The number of rotatable bonds is 9. The summed E-state index contributed by atoms with van der Waals surface area (Å²) < 4.78 is 16.3. The van der Waals surface area contributed by atoms with Crippen LogP contribution in [0.2, 0.25) is 0 Å². The molecule has 0 radical (unpaired) electrons. The van der Waals surface area contributed by atoms with E-state index in [0.29, 0.717) is 29.4 Å². The molecule has 3 rings (SSSR count). The molecule has 3 aromatic rings. The van der Waals surface area contributed by atoms with Gasteiger partial charge in [-0.25, -0.2) is 0 Å². The molecule has 0 aliphatic carbocycles. The minimum Gasteiger partial charge on any atom is -0.493 e. The Labute approximate surface area is 181 Å². The number of hydrogen-bond acceptors (Lipinski definition) is 5. The Hall–Kier alpha value is -2.99. The Bertz CT molecular complexity index is 932. The van der Waals surface area contributed by atoms with Gasteiger partial charge in [0.25, 0.3) is 5.91 Å². The van der Waals surface area contributed by atoms with Crippen molar-refractivity contribution in [2.45, 2.75) is 25.9 Å². The van der Waals surface area contributed by atoms with Gasteiger partial charge in [-0.3, -0.25) is 4.79 Å². The molecule has 1 amide bonds. The summed E-state index contributed by atoms with van der Waals surface area (Å²) in [5.41, 5.74) is 1.58. The number of methoxy groups -OCH3 is 3. The van der Waals surface area contributed by atoms with Gasteiger partial charge in [0.2, 0.25) is 5.75 Å². The maximum Gasteiger partial charge on any atom is 0.254 e. The largest absolute Gasteiger partial charge is 0.493 e. The van der Waals surface area contributed by atoms with Crippen molar-refractivity contribution in [2.75, 3.05) is 21.3 Å². The van der Waals surface area contributed by atoms with E-state index in [4.69, 9.17) is 14.2 Å². The number of carbonyl (C=O) groups is 1. The van der Waals surface area contributed by atoms with Crippen LogP contribution in [0.5, 0.6) is 17.2 Å². The zero-order valence-electron chi connectivity index (χ0n) is 17.8. The minimum atomic E-state index is -0.0813. The Morgan fingerprint density at radius 1 is 0.967 bits per heavy atom. The van der Waals surface area contributed by atoms with E-state index in [2.05, 4.69) is 18.4 Å². The van der Waals surface area contributed by atoms with Crippen molar-refractivity contribution in [3.63, 3.8) is 0 Å². The zero-order valence-corrected chi connectivity index (χ0v) is 18.6. The second-order valence-corrected chi connectivity index (χ2v) is 8.00. The number of hydrogen-bond donors (Lipinski definition) is 0. The number of carbonyl (C=O) groups excluding carboxylic acids is 1. The molecule has 30 heavy (non-hydrogen) atoms. The second-order valence-electron chi connectivity index (χ2n) is 6.97. The molecule has 0 saturated heterocycles. The van der Waals surface area contributed by atoms with Gasteiger partial charge in [0.15, 0.2) is 11.5 Å². The topological polar surface area (TPSA) is 48.0 Å². The number of ether oxygens (including phenoxy) is 3. The summed E-state index contributed by atoms with van der Waals surface area (Å²) in [6, 6.07) is 17.6. The molecule has 0 bridgehead atoms. The van der Waals surface area contributed by atoms with Gasteiger partial charge in [-0.15, -0.1) is 11.3 Å². The molecule has 0 aliphatic rings. The zero-order chi connectivity index (χ0) is 21.5. The van der Waals surface area contributed by atoms with E-state index in [0.717, 1.165) is 12.0 Å². The van der Waals surface area contributed by atoms with Crippen molar-refractivity contribution in [2.24, 2.45) is 0 Å². The molecule has 0 N–H and O–H groups in total. The Morgan fingerprint density at radius 2 is 1.63 bits per heavy atom. The molecular weight excluding hydrogens is 398 g/mol. The van der Waals surface area contributed by atoms with Gasteiger partial charge in [0.1, 0.15) is 0 Å². The molecule has 1 aromatic heterocycles. The number of benzene rings is 2. The monoisotopic (exact) mass is 425 g/mol. The predicted molar refractivity (Wildman–Crippen MR) is 120 cm³/mol. The van der Waals surface area contributed by atoms with Crippen LogP contribution in [0.25, 0.3) is 0 Å². The highest BCUT2D eigenvalue weighted by Crippen LogP contribution is 2.38. The van der Waals surface area contributed by atoms with Crippen LogP contribution in [-0.2, 0) is 13.0 Å². The van der Waals surface area contributed by atoms with Crippen LogP contribution in [-0.4, -0.2) is 38.2 Å². The van der Waals surface area contributed by atoms with E-state index < -0.39 is 0 Å². The van der Waals surface area contributed by atoms with Gasteiger partial charge in [0.05, 0.1) is 21.3 Å². The molecule has 1 atom stereocenters. The van der Waals surface area contributed by atoms with Crippen molar-refractivity contribution in [3.05, 3.63) is 76.0 Å². The standard InChI is InChI=1S/C24H27NO4S/c1-17(13-20-11-8-12-30-20)25(16-18-9-6-5-7-10-18)24(26)19-14-21(27-2)23(29-4)22(15-19)28-3/h5-12,14-15,17H,13,16H2,1-4H3. The first-order chi connectivity index (χ1) is 14.6. The first kappa shape index (κ1) is 21.7. The highest BCUT2D eigenvalue weighted by molar-refractivity contribution is 7.09. The molecule has 0 aliphatic heterocycles. The molecule has 5 nitrogen and oxygen atoms in total. The van der Waals surface area contributed by atoms with Gasteiger partial charge < -0.3 is 19.1 Å². The van der Waals surface area contributed by atoms with E-state index in [9.17, 15) is 4.79 Å². The summed E-state index contributed by atoms with van der Waals surface area (Å²) in [4.78, 5) is 16.8. The highest BCUT2D eigenvalue weighted by atomic mass is 32.1. The highest BCUT2D eigenvalue weighted by Gasteiger charge is 2.25. The van der Waals surface area contributed by atoms with Crippen molar-refractivity contribution < 1.29 is 19.0 Å². The first-order valence-corrected chi connectivity index (χ1v) is 10.6. The maximum absolute atomic E-state index is 13.6. The van der Waals surface area contributed by atoms with Crippen LogP contribution < -0.4 is 14.2 Å². The third-order valence-corrected chi connectivity index (χ3v) is 5.88. The fraction of sp³-hybridized carbons (Fsp3) is 0.292. The molecule has 158 valence electrons. The lowest BCUT2D eigenvalue weighted by molar-refractivity contribution is 0.0675. The lowest BCUT2D eigenvalue weighted by Gasteiger charge is -2.30. The van der Waals surface area contributed by atoms with E-state index >= 15 is 0 Å². The summed E-state index contributed by atoms with van der Waals surface area (Å²) >= 11 is 1.71. The summed E-state index contributed by atoms with van der Waals surface area (Å²) in [7, 11) is 4.64. The normalized spacial score (nSPS) is 11.6. The number of thiophene rings is 1. The molecule has 1 unspecified atom stereocenters. The molecular formula is C24H27NO4S. The Morgan fingerprint density at radius 3 is 2.17 bits per heavy atom. The molecule has 0 saturated carbocycles. The first-order valence-electron chi connectivity index (χ1n) is 9.74. The summed E-state index contributed by atoms with van der Waals surface area (Å²) in [6.07, 6.45) is 0.792. The van der Waals surface area contributed by atoms with E-state index in [1.165, 1.54) is 4.88 Å². The molecule has 0 spiro atoms. The molecule has 2 aromatic carbocycles. The fourth-order valence-corrected chi connectivity index (χ4v) is 4.23. The molecule has 6 heteroatoms. The fourth-order valence-electron chi connectivity index (χ4n) is 3.41. The third-order valence-electron chi connectivity index (χ3n) is 4.98. The summed E-state index contributed by atoms with van der Waals surface area (Å²) in [5, 5.41) is 2.06. The lowest BCUT2D eigenvalue weighted by Crippen LogP contribution is -2.39. The van der Waals surface area contributed by atoms with E-state index in [1.54, 1.807) is 44.8 Å². The third kappa shape index (κ3) is 4.94. The van der Waals surface area contributed by atoms with Crippen molar-refractivity contribution >= 4 is 17.2 Å². The minimum absolute atomic E-state index is 0.00967. The summed E-state index contributed by atoms with van der Waals surface area (Å²) in [5.74, 6) is 1.32. The van der Waals surface area contributed by atoms with Crippen LogP contribution in [0, 0.1) is 0 Å². The Kier molecular flexibility index (Phi) is 7.36. The van der Waals surface area contributed by atoms with Crippen molar-refractivity contribution in [3.8, 4) is 17.2 Å². The lowest BCUT2D eigenvalue weighted by atomic mass is 10.1. The van der Waals surface area contributed by atoms with Crippen molar-refractivity contribution in [1.29, 1.82) is 0 Å². The van der Waals surface area contributed by atoms with Gasteiger partial charge in [-0.1, -0.05) is 36.4 Å². The van der Waals surface area contributed by atoms with Crippen molar-refractivity contribution in [1.82, 2.24) is 4.90 Å². The smallest absolute Gasteiger partial charge is 0.254 e. The number of amides is 1. The Balaban J connectivity index is 1.96. The van der Waals surface area contributed by atoms with Gasteiger partial charge in [-0.05, 0) is 36.1 Å². The van der Waals surface area contributed by atoms with Gasteiger partial charge >= 0.3 is 0 Å². The molecule has 0 fully saturated rings. The SMILES string of the molecule is COc1cc(C(=O)N(Cc2ccccc2)C(C)Cc2cccs2)cc(OC)c1OC. The van der Waals surface area contributed by atoms with Crippen LogP contribution in [0.4, 0.5) is 0 Å². The second kappa shape index (κ2) is 10.2. The van der Waals surface area contributed by atoms with Crippen LogP contribution in [0.1, 0.15) is 27.7 Å². The summed E-state index contributed by atoms with van der Waals surface area (Å²) in [6.45, 7) is 2.60. The van der Waals surface area contributed by atoms with Crippen LogP contribution in [0.3, 0.4) is 0 Å². The average molecular weight is 426 g/mol.